The van der Waals surface area contributed by atoms with Crippen LogP contribution in [0.4, 0.5) is 0 Å². The average Bonchev–Trinajstić information content (AvgIpc) is 2.79. The fraction of sp³-hybridized carbons (Fsp3) is 0.733. The lowest BCUT2D eigenvalue weighted by Gasteiger charge is -2.29. The Morgan fingerprint density at radius 2 is 2.11 bits per heavy atom. The van der Waals surface area contributed by atoms with Crippen molar-refractivity contribution in [1.29, 1.82) is 0 Å². The van der Waals surface area contributed by atoms with Crippen LogP contribution in [0, 0.1) is 11.3 Å². The van der Waals surface area contributed by atoms with Gasteiger partial charge in [0.1, 0.15) is 0 Å². The van der Waals surface area contributed by atoms with Crippen LogP contribution in [0.3, 0.4) is 0 Å². The van der Waals surface area contributed by atoms with Crippen LogP contribution < -0.4 is 5.32 Å². The van der Waals surface area contributed by atoms with Gasteiger partial charge in [-0.3, -0.25) is 0 Å². The molecule has 0 aliphatic rings. The highest BCUT2D eigenvalue weighted by Gasteiger charge is 2.22. The minimum absolute atomic E-state index is 0.278. The van der Waals surface area contributed by atoms with E-state index >= 15 is 0 Å². The third-order valence-electron chi connectivity index (χ3n) is 3.30. The third kappa shape index (κ3) is 5.09. The first-order valence-electron chi connectivity index (χ1n) is 6.72. The summed E-state index contributed by atoms with van der Waals surface area (Å²) in [6, 6.07) is 4.82. The highest BCUT2D eigenvalue weighted by atomic mass is 32.1. The van der Waals surface area contributed by atoms with Crippen molar-refractivity contribution in [2.45, 2.75) is 40.2 Å². The van der Waals surface area contributed by atoms with E-state index in [4.69, 9.17) is 4.74 Å². The quantitative estimate of drug-likeness (QED) is 0.767. The largest absolute Gasteiger partial charge is 0.385 e. The molecule has 0 saturated carbocycles. The molecule has 1 aromatic heterocycles. The van der Waals surface area contributed by atoms with E-state index in [-0.39, 0.29) is 5.41 Å². The van der Waals surface area contributed by atoms with Crippen molar-refractivity contribution < 1.29 is 4.74 Å². The molecular weight excluding hydrogens is 242 g/mol. The summed E-state index contributed by atoms with van der Waals surface area (Å²) in [7, 11) is 1.77. The average molecular weight is 269 g/mol. The predicted molar refractivity (Wildman–Crippen MR) is 80.2 cm³/mol. The van der Waals surface area contributed by atoms with E-state index in [9.17, 15) is 0 Å². The van der Waals surface area contributed by atoms with E-state index in [1.165, 1.54) is 4.88 Å². The van der Waals surface area contributed by atoms with Crippen LogP contribution in [0.5, 0.6) is 0 Å². The molecule has 0 aromatic carbocycles. The maximum absolute atomic E-state index is 5.18. The molecule has 0 amide bonds. The summed E-state index contributed by atoms with van der Waals surface area (Å²) in [6.45, 7) is 11.0. The second kappa shape index (κ2) is 7.27. The van der Waals surface area contributed by atoms with Gasteiger partial charge in [0, 0.05) is 31.2 Å². The number of hydrogen-bond acceptors (Lipinski definition) is 3. The number of hydrogen-bond donors (Lipinski definition) is 1. The van der Waals surface area contributed by atoms with Crippen LogP contribution in [0.2, 0.25) is 0 Å². The van der Waals surface area contributed by atoms with Crippen LogP contribution in [0.25, 0.3) is 0 Å². The Labute approximate surface area is 116 Å². The Hall–Kier alpha value is -0.380. The lowest BCUT2D eigenvalue weighted by molar-refractivity contribution is 0.147. The lowest BCUT2D eigenvalue weighted by Crippen LogP contribution is -2.35. The van der Waals surface area contributed by atoms with Gasteiger partial charge < -0.3 is 10.1 Å². The Kier molecular flexibility index (Phi) is 6.33. The van der Waals surface area contributed by atoms with E-state index in [0.717, 1.165) is 19.6 Å². The molecule has 0 bridgehead atoms. The van der Waals surface area contributed by atoms with Gasteiger partial charge in [0.2, 0.25) is 0 Å². The molecule has 0 spiro atoms. The summed E-state index contributed by atoms with van der Waals surface area (Å²) in [5.41, 5.74) is 0.278. The molecule has 3 heteroatoms. The van der Waals surface area contributed by atoms with E-state index in [0.29, 0.717) is 12.0 Å². The molecule has 1 atom stereocenters. The van der Waals surface area contributed by atoms with Crippen molar-refractivity contribution >= 4 is 11.3 Å². The first kappa shape index (κ1) is 15.7. The molecule has 0 aliphatic carbocycles. The second-order valence-corrected chi connectivity index (χ2v) is 7.00. The zero-order valence-corrected chi connectivity index (χ0v) is 13.1. The molecule has 1 aromatic rings. The van der Waals surface area contributed by atoms with Crippen LogP contribution in [-0.2, 0) is 4.74 Å². The summed E-state index contributed by atoms with van der Waals surface area (Å²) in [6.07, 6.45) is 1.09. The maximum Gasteiger partial charge on any atom is 0.0467 e. The van der Waals surface area contributed by atoms with Crippen LogP contribution in [-0.4, -0.2) is 20.3 Å². The van der Waals surface area contributed by atoms with E-state index in [2.05, 4.69) is 50.5 Å². The van der Waals surface area contributed by atoms with E-state index in [1.54, 1.807) is 7.11 Å². The Bertz CT molecular complexity index is 319. The SMILES string of the molecule is COCCC(C)(C)CNC(c1cccs1)C(C)C. The smallest absolute Gasteiger partial charge is 0.0467 e. The zero-order chi connectivity index (χ0) is 13.6. The second-order valence-electron chi connectivity index (χ2n) is 6.03. The fourth-order valence-corrected chi connectivity index (χ4v) is 2.96. The van der Waals surface area contributed by atoms with Crippen molar-refractivity contribution in [3.05, 3.63) is 22.4 Å². The number of nitrogens with one attached hydrogen (secondary N) is 1. The van der Waals surface area contributed by atoms with Gasteiger partial charge in [0.15, 0.2) is 0 Å². The number of rotatable bonds is 8. The highest BCUT2D eigenvalue weighted by molar-refractivity contribution is 7.10. The molecule has 1 unspecified atom stereocenters. The molecular formula is C15H27NOS. The molecule has 0 radical (unpaired) electrons. The van der Waals surface area contributed by atoms with Gasteiger partial charge in [-0.15, -0.1) is 11.3 Å². The van der Waals surface area contributed by atoms with Crippen molar-refractivity contribution in [3.63, 3.8) is 0 Å². The molecule has 0 saturated heterocycles. The van der Waals surface area contributed by atoms with Crippen LogP contribution >= 0.6 is 11.3 Å². The topological polar surface area (TPSA) is 21.3 Å². The minimum Gasteiger partial charge on any atom is -0.385 e. The third-order valence-corrected chi connectivity index (χ3v) is 4.26. The Morgan fingerprint density at radius 3 is 2.61 bits per heavy atom. The molecule has 104 valence electrons. The Balaban J connectivity index is 2.53. The zero-order valence-electron chi connectivity index (χ0n) is 12.3. The van der Waals surface area contributed by atoms with Gasteiger partial charge in [0.25, 0.3) is 0 Å². The summed E-state index contributed by atoms with van der Waals surface area (Å²) in [4.78, 5) is 1.44. The normalized spacial score (nSPS) is 14.1. The number of methoxy groups -OCH3 is 1. The summed E-state index contributed by atoms with van der Waals surface area (Å²) in [5.74, 6) is 0.613. The van der Waals surface area contributed by atoms with Crippen molar-refractivity contribution in [3.8, 4) is 0 Å². The number of ether oxygens (including phenoxy) is 1. The molecule has 18 heavy (non-hydrogen) atoms. The summed E-state index contributed by atoms with van der Waals surface area (Å²) in [5, 5.41) is 5.88. The first-order valence-corrected chi connectivity index (χ1v) is 7.60. The van der Waals surface area contributed by atoms with Gasteiger partial charge in [-0.2, -0.15) is 0 Å². The van der Waals surface area contributed by atoms with Gasteiger partial charge in [-0.1, -0.05) is 33.8 Å². The molecule has 2 nitrogen and oxygen atoms in total. The van der Waals surface area contributed by atoms with Gasteiger partial charge in [-0.25, -0.2) is 0 Å². The minimum atomic E-state index is 0.278. The van der Waals surface area contributed by atoms with Crippen LogP contribution in [0.1, 0.15) is 45.0 Å². The molecule has 1 N–H and O–H groups in total. The first-order chi connectivity index (χ1) is 8.46. The fourth-order valence-electron chi connectivity index (χ4n) is 1.99. The van der Waals surface area contributed by atoms with Crippen LogP contribution in [0.15, 0.2) is 17.5 Å². The number of thiophene rings is 1. The van der Waals surface area contributed by atoms with Crippen molar-refractivity contribution in [2.75, 3.05) is 20.3 Å². The monoisotopic (exact) mass is 269 g/mol. The van der Waals surface area contributed by atoms with E-state index < -0.39 is 0 Å². The molecule has 0 aliphatic heterocycles. The standard InChI is InChI=1S/C15H27NOS/c1-12(2)14(13-7-6-10-18-13)16-11-15(3,4)8-9-17-5/h6-7,10,12,14,16H,8-9,11H2,1-5H3. The van der Waals surface area contributed by atoms with Gasteiger partial charge in [0.05, 0.1) is 0 Å². The maximum atomic E-state index is 5.18. The predicted octanol–water partition coefficient (Wildman–Crippen LogP) is 4.10. The molecule has 0 fully saturated rings. The van der Waals surface area contributed by atoms with Gasteiger partial charge in [-0.05, 0) is 29.2 Å². The highest BCUT2D eigenvalue weighted by Crippen LogP contribution is 2.28. The lowest BCUT2D eigenvalue weighted by atomic mass is 9.88. The van der Waals surface area contributed by atoms with Gasteiger partial charge >= 0.3 is 0 Å². The molecule has 1 heterocycles. The summed E-state index contributed by atoms with van der Waals surface area (Å²) < 4.78 is 5.18. The molecule has 1 rings (SSSR count). The van der Waals surface area contributed by atoms with E-state index in [1.807, 2.05) is 11.3 Å². The Morgan fingerprint density at radius 1 is 1.39 bits per heavy atom. The van der Waals surface area contributed by atoms with Crippen molar-refractivity contribution in [1.82, 2.24) is 5.32 Å². The summed E-state index contributed by atoms with van der Waals surface area (Å²) >= 11 is 1.84. The van der Waals surface area contributed by atoms with Crippen molar-refractivity contribution in [2.24, 2.45) is 11.3 Å².